The molecule has 0 aromatic heterocycles. The molecular formula is C10H18N2O3. The average Bonchev–Trinajstić information content (AvgIpc) is 2.16. The van der Waals surface area contributed by atoms with E-state index in [2.05, 4.69) is 6.58 Å². The molecule has 5 nitrogen and oxygen atoms in total. The predicted molar refractivity (Wildman–Crippen MR) is 57.7 cm³/mol. The number of carbonyl (C=O) groups excluding carboxylic acids is 1. The number of carboxylic acids is 1. The van der Waals surface area contributed by atoms with Crippen molar-refractivity contribution < 1.29 is 14.7 Å². The van der Waals surface area contributed by atoms with Gasteiger partial charge in [0.25, 0.3) is 0 Å². The van der Waals surface area contributed by atoms with Gasteiger partial charge in [0, 0.05) is 20.1 Å². The van der Waals surface area contributed by atoms with Crippen molar-refractivity contribution in [1.82, 2.24) is 9.80 Å². The molecule has 15 heavy (non-hydrogen) atoms. The van der Waals surface area contributed by atoms with E-state index >= 15 is 0 Å². The molecule has 0 radical (unpaired) electrons. The summed E-state index contributed by atoms with van der Waals surface area (Å²) in [6.07, 6.45) is 2.36. The van der Waals surface area contributed by atoms with Crippen LogP contribution in [0.4, 0.5) is 4.79 Å². The second-order valence-corrected chi connectivity index (χ2v) is 3.27. The number of urea groups is 1. The number of carboxylic acid groups (broad SMARTS) is 1. The maximum Gasteiger partial charge on any atom is 0.323 e. The van der Waals surface area contributed by atoms with E-state index in [0.29, 0.717) is 6.54 Å². The molecule has 5 heteroatoms. The molecule has 0 saturated heterocycles. The second kappa shape index (κ2) is 6.86. The summed E-state index contributed by atoms with van der Waals surface area (Å²) >= 11 is 0. The first-order valence-electron chi connectivity index (χ1n) is 4.85. The van der Waals surface area contributed by atoms with Crippen LogP contribution in [0.25, 0.3) is 0 Å². The first kappa shape index (κ1) is 13.5. The van der Waals surface area contributed by atoms with Crippen LogP contribution in [-0.4, -0.2) is 53.6 Å². The summed E-state index contributed by atoms with van der Waals surface area (Å²) in [4.78, 5) is 25.0. The number of hydrogen-bond acceptors (Lipinski definition) is 2. The van der Waals surface area contributed by atoms with Crippen LogP contribution >= 0.6 is 0 Å². The van der Waals surface area contributed by atoms with Crippen LogP contribution in [0.2, 0.25) is 0 Å². The van der Waals surface area contributed by atoms with Gasteiger partial charge in [0.15, 0.2) is 0 Å². The predicted octanol–water partition coefficient (Wildman–Crippen LogP) is 1.02. The molecule has 0 unspecified atom stereocenters. The number of hydrogen-bond donors (Lipinski definition) is 1. The molecule has 0 aliphatic carbocycles. The Morgan fingerprint density at radius 3 is 2.47 bits per heavy atom. The maximum atomic E-state index is 11.7. The van der Waals surface area contributed by atoms with E-state index in [4.69, 9.17) is 5.11 Å². The van der Waals surface area contributed by atoms with Gasteiger partial charge in [0.1, 0.15) is 6.54 Å². The van der Waals surface area contributed by atoms with Gasteiger partial charge >= 0.3 is 12.0 Å². The highest BCUT2D eigenvalue weighted by atomic mass is 16.4. The van der Waals surface area contributed by atoms with E-state index in [1.54, 1.807) is 7.05 Å². The van der Waals surface area contributed by atoms with Crippen LogP contribution in [0.5, 0.6) is 0 Å². The minimum Gasteiger partial charge on any atom is -0.480 e. The molecule has 1 N–H and O–H groups in total. The fourth-order valence-corrected chi connectivity index (χ4v) is 1.20. The fraction of sp³-hybridized carbons (Fsp3) is 0.600. The summed E-state index contributed by atoms with van der Waals surface area (Å²) < 4.78 is 0. The van der Waals surface area contributed by atoms with Crippen molar-refractivity contribution >= 4 is 12.0 Å². The lowest BCUT2D eigenvalue weighted by molar-refractivity contribution is -0.137. The van der Waals surface area contributed by atoms with E-state index in [1.807, 2.05) is 6.92 Å². The third-order valence-corrected chi connectivity index (χ3v) is 1.83. The molecule has 0 fully saturated rings. The van der Waals surface area contributed by atoms with Crippen molar-refractivity contribution in [2.24, 2.45) is 0 Å². The Hall–Kier alpha value is -1.52. The van der Waals surface area contributed by atoms with Gasteiger partial charge in [-0.2, -0.15) is 0 Å². The highest BCUT2D eigenvalue weighted by molar-refractivity contribution is 5.80. The zero-order chi connectivity index (χ0) is 11.8. The number of rotatable bonds is 6. The molecule has 0 saturated carbocycles. The van der Waals surface area contributed by atoms with Crippen molar-refractivity contribution in [2.75, 3.05) is 26.7 Å². The van der Waals surface area contributed by atoms with Crippen molar-refractivity contribution in [3.8, 4) is 0 Å². The third kappa shape index (κ3) is 5.05. The minimum absolute atomic E-state index is 0.249. The van der Waals surface area contributed by atoms with Crippen LogP contribution < -0.4 is 0 Å². The lowest BCUT2D eigenvalue weighted by Crippen LogP contribution is -2.43. The molecule has 0 bridgehead atoms. The van der Waals surface area contributed by atoms with E-state index in [-0.39, 0.29) is 19.1 Å². The summed E-state index contributed by atoms with van der Waals surface area (Å²) in [6, 6.07) is -0.279. The Labute approximate surface area is 90.0 Å². The highest BCUT2D eigenvalue weighted by Crippen LogP contribution is 1.98. The molecule has 86 valence electrons. The van der Waals surface area contributed by atoms with Crippen LogP contribution in [0.3, 0.4) is 0 Å². The summed E-state index contributed by atoms with van der Waals surface area (Å²) in [7, 11) is 1.66. The van der Waals surface area contributed by atoms with Gasteiger partial charge in [-0.25, -0.2) is 4.79 Å². The van der Waals surface area contributed by atoms with E-state index in [0.717, 1.165) is 6.42 Å². The topological polar surface area (TPSA) is 60.9 Å². The lowest BCUT2D eigenvalue weighted by atomic mass is 10.4. The third-order valence-electron chi connectivity index (χ3n) is 1.83. The van der Waals surface area contributed by atoms with Crippen molar-refractivity contribution in [1.29, 1.82) is 0 Å². The standard InChI is InChI=1S/C10H18N2O3/c1-4-6-11(3)10(15)12(7-5-2)8-9(13)14/h5H,2,4,6-8H2,1,3H3,(H,13,14). The molecule has 0 aromatic carbocycles. The Bertz CT molecular complexity index is 241. The summed E-state index contributed by atoms with van der Waals surface area (Å²) in [5.41, 5.74) is 0. The van der Waals surface area contributed by atoms with Crippen LogP contribution in [0.15, 0.2) is 12.7 Å². The number of amides is 2. The van der Waals surface area contributed by atoms with Crippen molar-refractivity contribution in [2.45, 2.75) is 13.3 Å². The summed E-state index contributed by atoms with van der Waals surface area (Å²) in [5.74, 6) is -1.02. The van der Waals surface area contributed by atoms with Gasteiger partial charge in [-0.15, -0.1) is 6.58 Å². The maximum absolute atomic E-state index is 11.7. The first-order valence-corrected chi connectivity index (χ1v) is 4.85. The second-order valence-electron chi connectivity index (χ2n) is 3.27. The largest absolute Gasteiger partial charge is 0.480 e. The molecule has 0 rings (SSSR count). The van der Waals surface area contributed by atoms with Gasteiger partial charge in [-0.05, 0) is 6.42 Å². The zero-order valence-electron chi connectivity index (χ0n) is 9.27. The Morgan fingerprint density at radius 1 is 1.47 bits per heavy atom. The minimum atomic E-state index is -1.02. The smallest absolute Gasteiger partial charge is 0.323 e. The Balaban J connectivity index is 4.39. The van der Waals surface area contributed by atoms with Crippen LogP contribution in [-0.2, 0) is 4.79 Å². The molecule has 0 atom stereocenters. The number of nitrogens with zero attached hydrogens (tertiary/aromatic N) is 2. The molecule has 0 aliphatic heterocycles. The molecule has 0 aromatic rings. The molecular weight excluding hydrogens is 196 g/mol. The normalized spacial score (nSPS) is 9.47. The molecule has 0 heterocycles. The fourth-order valence-electron chi connectivity index (χ4n) is 1.20. The van der Waals surface area contributed by atoms with E-state index in [9.17, 15) is 9.59 Å². The number of aliphatic carboxylic acids is 1. The van der Waals surface area contributed by atoms with Crippen LogP contribution in [0.1, 0.15) is 13.3 Å². The first-order chi connectivity index (χ1) is 7.02. The van der Waals surface area contributed by atoms with Gasteiger partial charge in [-0.1, -0.05) is 13.0 Å². The van der Waals surface area contributed by atoms with Gasteiger partial charge in [0.05, 0.1) is 0 Å². The lowest BCUT2D eigenvalue weighted by Gasteiger charge is -2.25. The van der Waals surface area contributed by atoms with E-state index < -0.39 is 5.97 Å². The Morgan fingerprint density at radius 2 is 2.07 bits per heavy atom. The highest BCUT2D eigenvalue weighted by Gasteiger charge is 2.18. The average molecular weight is 214 g/mol. The van der Waals surface area contributed by atoms with Gasteiger partial charge in [0.2, 0.25) is 0 Å². The van der Waals surface area contributed by atoms with Crippen LogP contribution in [0, 0.1) is 0 Å². The zero-order valence-corrected chi connectivity index (χ0v) is 9.27. The quantitative estimate of drug-likeness (QED) is 0.671. The SMILES string of the molecule is C=CCN(CC(=O)O)C(=O)N(C)CCC. The van der Waals surface area contributed by atoms with Crippen molar-refractivity contribution in [3.05, 3.63) is 12.7 Å². The molecule has 0 spiro atoms. The summed E-state index contributed by atoms with van der Waals surface area (Å²) in [5, 5.41) is 8.62. The molecule has 2 amide bonds. The molecule has 0 aliphatic rings. The monoisotopic (exact) mass is 214 g/mol. The van der Waals surface area contributed by atoms with Gasteiger partial charge in [-0.3, -0.25) is 4.79 Å². The van der Waals surface area contributed by atoms with Crippen molar-refractivity contribution in [3.63, 3.8) is 0 Å². The Kier molecular flexibility index (Phi) is 6.17. The van der Waals surface area contributed by atoms with Gasteiger partial charge < -0.3 is 14.9 Å². The summed E-state index contributed by atoms with van der Waals surface area (Å²) in [6.45, 7) is 6.02. The van der Waals surface area contributed by atoms with E-state index in [1.165, 1.54) is 15.9 Å². The number of carbonyl (C=O) groups is 2.